The topological polar surface area (TPSA) is 118 Å². The van der Waals surface area contributed by atoms with Gasteiger partial charge in [0, 0.05) is 36.2 Å². The maximum atomic E-state index is 12.6. The minimum Gasteiger partial charge on any atom is -0.480 e. The summed E-state index contributed by atoms with van der Waals surface area (Å²) in [5.41, 5.74) is 1.07. The molecule has 2 amide bonds. The fourth-order valence-corrected chi connectivity index (χ4v) is 3.07. The van der Waals surface area contributed by atoms with Gasteiger partial charge in [-0.05, 0) is 43.2 Å². The number of hydrogen-bond donors (Lipinski definition) is 3. The number of aliphatic carboxylic acids is 1. The summed E-state index contributed by atoms with van der Waals surface area (Å²) in [5.74, 6) is -2.24. The number of benzene rings is 1. The number of amides is 2. The second-order valence-corrected chi connectivity index (χ2v) is 6.54. The summed E-state index contributed by atoms with van der Waals surface area (Å²) < 4.78 is 5.34. The van der Waals surface area contributed by atoms with Gasteiger partial charge in [-0.3, -0.25) is 14.6 Å². The normalized spacial score (nSPS) is 17.4. The first-order chi connectivity index (χ1) is 13.5. The van der Waals surface area contributed by atoms with Crippen molar-refractivity contribution in [2.75, 3.05) is 18.5 Å². The first kappa shape index (κ1) is 19.5. The molecule has 1 aliphatic heterocycles. The van der Waals surface area contributed by atoms with E-state index >= 15 is 0 Å². The van der Waals surface area contributed by atoms with Crippen LogP contribution in [0.1, 0.15) is 33.6 Å². The van der Waals surface area contributed by atoms with Crippen LogP contribution in [0.3, 0.4) is 0 Å². The van der Waals surface area contributed by atoms with Crippen molar-refractivity contribution >= 4 is 23.5 Å². The second kappa shape index (κ2) is 9.09. The van der Waals surface area contributed by atoms with E-state index in [4.69, 9.17) is 4.74 Å². The summed E-state index contributed by atoms with van der Waals surface area (Å²) in [5, 5.41) is 14.8. The molecular formula is C20H21N3O5. The van der Waals surface area contributed by atoms with E-state index < -0.39 is 17.9 Å². The van der Waals surface area contributed by atoms with Crippen LogP contribution < -0.4 is 10.6 Å². The maximum absolute atomic E-state index is 12.6. The molecule has 0 bridgehead atoms. The van der Waals surface area contributed by atoms with Gasteiger partial charge in [-0.1, -0.05) is 6.07 Å². The van der Waals surface area contributed by atoms with Crippen molar-refractivity contribution in [3.63, 3.8) is 0 Å². The highest BCUT2D eigenvalue weighted by atomic mass is 16.5. The lowest BCUT2D eigenvalue weighted by Gasteiger charge is -2.28. The summed E-state index contributed by atoms with van der Waals surface area (Å²) in [4.78, 5) is 40.3. The number of nitrogens with zero attached hydrogens (tertiary/aromatic N) is 1. The van der Waals surface area contributed by atoms with Crippen molar-refractivity contribution in [1.82, 2.24) is 10.3 Å². The SMILES string of the molecule is O=C(Nc1cccc(C(=O)NC(C(=O)O)C2CCCOC2)c1)c1cccnc1. The Bertz CT molecular complexity index is 850. The lowest BCUT2D eigenvalue weighted by Crippen LogP contribution is -2.48. The molecule has 2 unspecified atom stereocenters. The van der Waals surface area contributed by atoms with Crippen LogP contribution in [0.15, 0.2) is 48.8 Å². The van der Waals surface area contributed by atoms with Crippen LogP contribution in [-0.2, 0) is 9.53 Å². The number of anilines is 1. The van der Waals surface area contributed by atoms with Gasteiger partial charge in [0.05, 0.1) is 12.2 Å². The van der Waals surface area contributed by atoms with Gasteiger partial charge in [0.25, 0.3) is 11.8 Å². The van der Waals surface area contributed by atoms with Crippen LogP contribution in [0.2, 0.25) is 0 Å². The van der Waals surface area contributed by atoms with Gasteiger partial charge in [0.1, 0.15) is 6.04 Å². The quantitative estimate of drug-likeness (QED) is 0.702. The third-order valence-electron chi connectivity index (χ3n) is 4.53. The van der Waals surface area contributed by atoms with Crippen LogP contribution >= 0.6 is 0 Å². The monoisotopic (exact) mass is 383 g/mol. The molecule has 8 nitrogen and oxygen atoms in total. The third kappa shape index (κ3) is 4.92. The third-order valence-corrected chi connectivity index (χ3v) is 4.53. The summed E-state index contributed by atoms with van der Waals surface area (Å²) in [6.07, 6.45) is 4.45. The van der Waals surface area contributed by atoms with Gasteiger partial charge >= 0.3 is 5.97 Å². The molecule has 3 rings (SSSR count). The molecule has 0 radical (unpaired) electrons. The Morgan fingerprint density at radius 1 is 1.14 bits per heavy atom. The van der Waals surface area contributed by atoms with Crippen LogP contribution in [0.25, 0.3) is 0 Å². The van der Waals surface area contributed by atoms with Gasteiger partial charge < -0.3 is 20.5 Å². The van der Waals surface area contributed by atoms with Crippen molar-refractivity contribution < 1.29 is 24.2 Å². The number of rotatable bonds is 6. The van der Waals surface area contributed by atoms with E-state index in [-0.39, 0.29) is 17.4 Å². The molecule has 0 spiro atoms. The molecule has 0 saturated carbocycles. The summed E-state index contributed by atoms with van der Waals surface area (Å²) in [6.45, 7) is 0.911. The van der Waals surface area contributed by atoms with E-state index in [1.54, 1.807) is 36.5 Å². The Labute approximate surface area is 161 Å². The zero-order valence-electron chi connectivity index (χ0n) is 15.1. The lowest BCUT2D eigenvalue weighted by molar-refractivity contribution is -0.142. The number of hydrogen-bond acceptors (Lipinski definition) is 5. The Kier molecular flexibility index (Phi) is 6.33. The van der Waals surface area contributed by atoms with Gasteiger partial charge in [0.15, 0.2) is 0 Å². The van der Waals surface area contributed by atoms with Crippen LogP contribution in [0.5, 0.6) is 0 Å². The highest BCUT2D eigenvalue weighted by Gasteiger charge is 2.31. The molecule has 1 fully saturated rings. The Hall–Kier alpha value is -3.26. The Morgan fingerprint density at radius 3 is 2.64 bits per heavy atom. The highest BCUT2D eigenvalue weighted by molar-refractivity contribution is 6.05. The molecule has 1 aromatic carbocycles. The smallest absolute Gasteiger partial charge is 0.326 e. The van der Waals surface area contributed by atoms with E-state index in [0.29, 0.717) is 30.9 Å². The van der Waals surface area contributed by atoms with Crippen molar-refractivity contribution in [2.24, 2.45) is 5.92 Å². The minimum atomic E-state index is -1.09. The molecule has 0 aliphatic carbocycles. The van der Waals surface area contributed by atoms with Crippen molar-refractivity contribution in [1.29, 1.82) is 0 Å². The minimum absolute atomic E-state index is 0.256. The standard InChI is InChI=1S/C20H21N3O5/c24-18(23-17(20(26)27)15-6-3-9-28-12-15)13-4-1-7-16(10-13)22-19(25)14-5-2-8-21-11-14/h1-2,4-5,7-8,10-11,15,17H,3,6,9,12H2,(H,22,25)(H,23,24)(H,26,27). The molecule has 28 heavy (non-hydrogen) atoms. The molecule has 146 valence electrons. The predicted octanol–water partition coefficient (Wildman–Crippen LogP) is 1.94. The number of carboxylic acids is 1. The molecule has 3 N–H and O–H groups in total. The zero-order chi connectivity index (χ0) is 19.9. The molecule has 2 aromatic rings. The number of aromatic nitrogens is 1. The van der Waals surface area contributed by atoms with Gasteiger partial charge in [-0.25, -0.2) is 4.79 Å². The van der Waals surface area contributed by atoms with E-state index in [1.807, 2.05) is 0 Å². The number of pyridine rings is 1. The van der Waals surface area contributed by atoms with Crippen molar-refractivity contribution in [3.05, 3.63) is 59.9 Å². The fraction of sp³-hybridized carbons (Fsp3) is 0.300. The summed E-state index contributed by atoms with van der Waals surface area (Å²) >= 11 is 0. The van der Waals surface area contributed by atoms with E-state index in [0.717, 1.165) is 6.42 Å². The van der Waals surface area contributed by atoms with Crippen LogP contribution in [0, 0.1) is 5.92 Å². The van der Waals surface area contributed by atoms with E-state index in [2.05, 4.69) is 15.6 Å². The Balaban J connectivity index is 1.69. The van der Waals surface area contributed by atoms with Gasteiger partial charge in [0.2, 0.25) is 0 Å². The molecule has 2 heterocycles. The molecule has 2 atom stereocenters. The summed E-state index contributed by atoms with van der Waals surface area (Å²) in [7, 11) is 0. The molecule has 1 aromatic heterocycles. The lowest BCUT2D eigenvalue weighted by atomic mass is 9.93. The largest absolute Gasteiger partial charge is 0.480 e. The van der Waals surface area contributed by atoms with E-state index in [1.165, 1.54) is 12.3 Å². The first-order valence-corrected chi connectivity index (χ1v) is 8.97. The van der Waals surface area contributed by atoms with Gasteiger partial charge in [-0.2, -0.15) is 0 Å². The Morgan fingerprint density at radius 2 is 1.96 bits per heavy atom. The van der Waals surface area contributed by atoms with Crippen molar-refractivity contribution in [2.45, 2.75) is 18.9 Å². The molecular weight excluding hydrogens is 362 g/mol. The zero-order valence-corrected chi connectivity index (χ0v) is 15.1. The average Bonchev–Trinajstić information content (AvgIpc) is 2.73. The fourth-order valence-electron chi connectivity index (χ4n) is 3.07. The molecule has 1 aliphatic rings. The molecule has 1 saturated heterocycles. The van der Waals surface area contributed by atoms with Crippen LogP contribution in [0.4, 0.5) is 5.69 Å². The predicted molar refractivity (Wildman–Crippen MR) is 101 cm³/mol. The molecule has 8 heteroatoms. The average molecular weight is 383 g/mol. The number of carboxylic acid groups (broad SMARTS) is 1. The number of carbonyl (C=O) groups excluding carboxylic acids is 2. The number of ether oxygens (including phenoxy) is 1. The first-order valence-electron chi connectivity index (χ1n) is 8.97. The van der Waals surface area contributed by atoms with E-state index in [9.17, 15) is 19.5 Å². The van der Waals surface area contributed by atoms with Crippen LogP contribution in [-0.4, -0.2) is 47.1 Å². The number of carbonyl (C=O) groups is 3. The summed E-state index contributed by atoms with van der Waals surface area (Å²) in [6, 6.07) is 8.58. The second-order valence-electron chi connectivity index (χ2n) is 6.54. The maximum Gasteiger partial charge on any atom is 0.326 e. The van der Waals surface area contributed by atoms with Crippen molar-refractivity contribution in [3.8, 4) is 0 Å². The van der Waals surface area contributed by atoms with Gasteiger partial charge in [-0.15, -0.1) is 0 Å². The highest BCUT2D eigenvalue weighted by Crippen LogP contribution is 2.19. The number of nitrogens with one attached hydrogen (secondary N) is 2.